The molecular weight excluding hydrogens is 228 g/mol. The van der Waals surface area contributed by atoms with Crippen LogP contribution in [0.25, 0.3) is 0 Å². The number of halogens is 2. The summed E-state index contributed by atoms with van der Waals surface area (Å²) in [6.45, 7) is 0.615. The van der Waals surface area contributed by atoms with Crippen molar-refractivity contribution in [2.75, 3.05) is 19.8 Å². The Morgan fingerprint density at radius 2 is 2.00 bits per heavy atom. The van der Waals surface area contributed by atoms with Crippen LogP contribution in [-0.2, 0) is 4.74 Å². The van der Waals surface area contributed by atoms with Gasteiger partial charge in [0.15, 0.2) is 0 Å². The lowest BCUT2D eigenvalue weighted by Crippen LogP contribution is -2.17. The van der Waals surface area contributed by atoms with Crippen molar-refractivity contribution in [3.8, 4) is 0 Å². The SMILES string of the molecule is NCC(OCCCO)c1cccc(C(F)F)c1. The smallest absolute Gasteiger partial charge is 0.263 e. The molecule has 1 atom stereocenters. The van der Waals surface area contributed by atoms with E-state index in [4.69, 9.17) is 15.6 Å². The van der Waals surface area contributed by atoms with Gasteiger partial charge in [0, 0.05) is 25.3 Å². The van der Waals surface area contributed by atoms with Crippen molar-refractivity contribution in [1.82, 2.24) is 0 Å². The summed E-state index contributed by atoms with van der Waals surface area (Å²) in [7, 11) is 0. The van der Waals surface area contributed by atoms with E-state index in [1.807, 2.05) is 0 Å². The fourth-order valence-electron chi connectivity index (χ4n) is 1.49. The zero-order valence-corrected chi connectivity index (χ0v) is 9.48. The second-order valence-corrected chi connectivity index (χ2v) is 3.64. The van der Waals surface area contributed by atoms with Crippen molar-refractivity contribution in [2.45, 2.75) is 19.0 Å². The Bertz CT molecular complexity index is 334. The van der Waals surface area contributed by atoms with Gasteiger partial charge >= 0.3 is 0 Å². The first kappa shape index (κ1) is 14.0. The Labute approximate surface area is 99.2 Å². The Morgan fingerprint density at radius 3 is 2.59 bits per heavy atom. The number of hydrogen-bond acceptors (Lipinski definition) is 3. The summed E-state index contributed by atoms with van der Waals surface area (Å²) >= 11 is 0. The van der Waals surface area contributed by atoms with Gasteiger partial charge < -0.3 is 15.6 Å². The highest BCUT2D eigenvalue weighted by atomic mass is 19.3. The Kier molecular flexibility index (Phi) is 6.04. The molecular formula is C12H17F2NO2. The largest absolute Gasteiger partial charge is 0.396 e. The lowest BCUT2D eigenvalue weighted by atomic mass is 10.1. The highest BCUT2D eigenvalue weighted by molar-refractivity contribution is 5.26. The first-order valence-corrected chi connectivity index (χ1v) is 5.49. The van der Waals surface area contributed by atoms with Crippen LogP contribution >= 0.6 is 0 Å². The Balaban J connectivity index is 2.70. The van der Waals surface area contributed by atoms with Gasteiger partial charge in [-0.05, 0) is 18.1 Å². The van der Waals surface area contributed by atoms with Gasteiger partial charge in [0.2, 0.25) is 0 Å². The van der Waals surface area contributed by atoms with E-state index in [0.717, 1.165) is 0 Å². The molecule has 0 radical (unpaired) electrons. The summed E-state index contributed by atoms with van der Waals surface area (Å²) in [6.07, 6.45) is -2.39. The van der Waals surface area contributed by atoms with Crippen LogP contribution in [0.15, 0.2) is 24.3 Å². The van der Waals surface area contributed by atoms with E-state index >= 15 is 0 Å². The molecule has 0 amide bonds. The maximum Gasteiger partial charge on any atom is 0.263 e. The molecule has 1 unspecified atom stereocenters. The quantitative estimate of drug-likeness (QED) is 0.723. The minimum Gasteiger partial charge on any atom is -0.396 e. The van der Waals surface area contributed by atoms with Gasteiger partial charge in [-0.25, -0.2) is 8.78 Å². The molecule has 0 aliphatic rings. The van der Waals surface area contributed by atoms with Gasteiger partial charge in [-0.2, -0.15) is 0 Å². The first-order valence-electron chi connectivity index (χ1n) is 5.49. The van der Waals surface area contributed by atoms with E-state index in [1.54, 1.807) is 12.1 Å². The zero-order chi connectivity index (χ0) is 12.7. The molecule has 3 nitrogen and oxygen atoms in total. The molecule has 1 aromatic rings. The first-order chi connectivity index (χ1) is 8.19. The standard InChI is InChI=1S/C12H17F2NO2/c13-12(14)10-4-1-3-9(7-10)11(8-15)17-6-2-5-16/h1,3-4,7,11-12,16H,2,5-6,8,15H2. The number of ether oxygens (including phenoxy) is 1. The Morgan fingerprint density at radius 1 is 1.29 bits per heavy atom. The molecule has 0 fully saturated rings. The monoisotopic (exact) mass is 245 g/mol. The van der Waals surface area contributed by atoms with Crippen LogP contribution < -0.4 is 5.73 Å². The molecule has 0 saturated carbocycles. The Hall–Kier alpha value is -1.04. The molecule has 5 heteroatoms. The van der Waals surface area contributed by atoms with Crippen LogP contribution in [-0.4, -0.2) is 24.9 Å². The molecule has 0 bridgehead atoms. The average molecular weight is 245 g/mol. The number of rotatable bonds is 7. The molecule has 1 rings (SSSR count). The van der Waals surface area contributed by atoms with Crippen LogP contribution in [0.3, 0.4) is 0 Å². The summed E-state index contributed by atoms with van der Waals surface area (Å²) in [5.41, 5.74) is 6.14. The third-order valence-electron chi connectivity index (χ3n) is 2.37. The predicted octanol–water partition coefficient (Wildman–Crippen LogP) is 2.02. The summed E-state index contributed by atoms with van der Waals surface area (Å²) < 4.78 is 30.5. The summed E-state index contributed by atoms with van der Waals surface area (Å²) in [6, 6.07) is 6.05. The average Bonchev–Trinajstić information content (AvgIpc) is 2.35. The fraction of sp³-hybridized carbons (Fsp3) is 0.500. The second kappa shape index (κ2) is 7.32. The molecule has 1 aromatic carbocycles. The zero-order valence-electron chi connectivity index (χ0n) is 9.48. The maximum atomic E-state index is 12.5. The third-order valence-corrected chi connectivity index (χ3v) is 2.37. The lowest BCUT2D eigenvalue weighted by molar-refractivity contribution is 0.0486. The number of aliphatic hydroxyl groups is 1. The molecule has 0 aliphatic heterocycles. The van der Waals surface area contributed by atoms with Gasteiger partial charge in [0.05, 0.1) is 6.10 Å². The van der Waals surface area contributed by atoms with E-state index in [9.17, 15) is 8.78 Å². The van der Waals surface area contributed by atoms with Gasteiger partial charge in [0.1, 0.15) is 0 Å². The van der Waals surface area contributed by atoms with E-state index < -0.39 is 12.5 Å². The van der Waals surface area contributed by atoms with Crippen molar-refractivity contribution < 1.29 is 18.6 Å². The molecule has 0 spiro atoms. The number of nitrogens with two attached hydrogens (primary N) is 1. The second-order valence-electron chi connectivity index (χ2n) is 3.64. The van der Waals surface area contributed by atoms with E-state index in [-0.39, 0.29) is 18.7 Å². The number of hydrogen-bond donors (Lipinski definition) is 2. The molecule has 0 saturated heterocycles. The van der Waals surface area contributed by atoms with Gasteiger partial charge in [-0.1, -0.05) is 18.2 Å². The van der Waals surface area contributed by atoms with Crippen LogP contribution in [0.1, 0.15) is 30.1 Å². The maximum absolute atomic E-state index is 12.5. The summed E-state index contributed by atoms with van der Waals surface area (Å²) in [5.74, 6) is 0. The van der Waals surface area contributed by atoms with Gasteiger partial charge in [-0.15, -0.1) is 0 Å². The third kappa shape index (κ3) is 4.38. The van der Waals surface area contributed by atoms with Crippen molar-refractivity contribution in [3.63, 3.8) is 0 Å². The summed E-state index contributed by atoms with van der Waals surface area (Å²) in [4.78, 5) is 0. The lowest BCUT2D eigenvalue weighted by Gasteiger charge is -2.17. The van der Waals surface area contributed by atoms with Crippen LogP contribution in [0.4, 0.5) is 8.78 Å². The number of alkyl halides is 2. The van der Waals surface area contributed by atoms with Gasteiger partial charge in [0.25, 0.3) is 6.43 Å². The molecule has 0 aliphatic carbocycles. The normalized spacial score (nSPS) is 13.0. The van der Waals surface area contributed by atoms with Crippen LogP contribution in [0, 0.1) is 0 Å². The topological polar surface area (TPSA) is 55.5 Å². The number of benzene rings is 1. The molecule has 17 heavy (non-hydrogen) atoms. The molecule has 96 valence electrons. The van der Waals surface area contributed by atoms with Crippen LogP contribution in [0.2, 0.25) is 0 Å². The van der Waals surface area contributed by atoms with Gasteiger partial charge in [-0.3, -0.25) is 0 Å². The number of aliphatic hydroxyl groups excluding tert-OH is 1. The molecule has 3 N–H and O–H groups in total. The highest BCUT2D eigenvalue weighted by Gasteiger charge is 2.13. The highest BCUT2D eigenvalue weighted by Crippen LogP contribution is 2.23. The molecule has 0 aromatic heterocycles. The van der Waals surface area contributed by atoms with Crippen molar-refractivity contribution in [2.24, 2.45) is 5.73 Å². The van der Waals surface area contributed by atoms with Crippen molar-refractivity contribution >= 4 is 0 Å². The van der Waals surface area contributed by atoms with E-state index in [0.29, 0.717) is 18.6 Å². The minimum atomic E-state index is -2.49. The fourth-order valence-corrected chi connectivity index (χ4v) is 1.49. The van der Waals surface area contributed by atoms with Crippen LogP contribution in [0.5, 0.6) is 0 Å². The van der Waals surface area contributed by atoms with Crippen molar-refractivity contribution in [1.29, 1.82) is 0 Å². The van der Waals surface area contributed by atoms with E-state index in [2.05, 4.69) is 0 Å². The molecule has 0 heterocycles. The minimum absolute atomic E-state index is 0.0355. The summed E-state index contributed by atoms with van der Waals surface area (Å²) in [5, 5.41) is 8.63. The predicted molar refractivity (Wildman–Crippen MR) is 60.8 cm³/mol. The van der Waals surface area contributed by atoms with E-state index in [1.165, 1.54) is 12.1 Å². The van der Waals surface area contributed by atoms with Crippen molar-refractivity contribution in [3.05, 3.63) is 35.4 Å².